The zero-order valence-corrected chi connectivity index (χ0v) is 41.5. The fraction of sp³-hybridized carbons (Fsp3) is 0.500. The average Bonchev–Trinajstić information content (AvgIpc) is 4.05. The smallest absolute Gasteiger partial charge is 0.326 e. The van der Waals surface area contributed by atoms with E-state index >= 15 is 0 Å². The van der Waals surface area contributed by atoms with Gasteiger partial charge in [0.2, 0.25) is 35.4 Å². The Morgan fingerprint density at radius 3 is 2.26 bits per heavy atom. The lowest BCUT2D eigenvalue weighted by Gasteiger charge is -2.31. The number of nitrogens with zero attached hydrogens (tertiary/aromatic N) is 2. The van der Waals surface area contributed by atoms with Gasteiger partial charge >= 0.3 is 5.97 Å². The summed E-state index contributed by atoms with van der Waals surface area (Å²) in [5.41, 5.74) is 13.8. The van der Waals surface area contributed by atoms with E-state index in [4.69, 9.17) is 11.5 Å². The summed E-state index contributed by atoms with van der Waals surface area (Å²) in [6.07, 6.45) is 4.62. The largest absolute Gasteiger partial charge is 0.480 e. The zero-order chi connectivity index (χ0) is 52.7. The van der Waals surface area contributed by atoms with Gasteiger partial charge in [-0.2, -0.15) is 0 Å². The Hall–Kier alpha value is -7.37. The van der Waals surface area contributed by atoms with Crippen molar-refractivity contribution in [2.24, 2.45) is 16.5 Å². The SMILES string of the molecule is CCCCC(NCC)C(=O)NC1CCC(=O)NCCCC(C(=O)O)NC(=O)C(Cc2c[nH]c3ccccc23)NC(O)C(CCCN=C(N)N)NC(=O)C(Cc2ccccc2)NC(=O)C(Cc2cnc[nH]2)NC1=O. The van der Waals surface area contributed by atoms with Crippen LogP contribution in [0.4, 0.5) is 0 Å². The molecular formula is C50H72N14O9. The fourth-order valence-corrected chi connectivity index (χ4v) is 8.56. The Morgan fingerprint density at radius 1 is 0.836 bits per heavy atom. The molecule has 1 fully saturated rings. The van der Waals surface area contributed by atoms with E-state index in [0.29, 0.717) is 29.8 Å². The van der Waals surface area contributed by atoms with Crippen molar-refractivity contribution in [2.75, 3.05) is 19.6 Å². The second-order valence-electron chi connectivity index (χ2n) is 18.1. The lowest BCUT2D eigenvalue weighted by Crippen LogP contribution is -2.61. The van der Waals surface area contributed by atoms with Gasteiger partial charge < -0.3 is 68.9 Å². The Balaban J connectivity index is 1.54. The van der Waals surface area contributed by atoms with Crippen molar-refractivity contribution in [2.45, 2.75) is 139 Å². The standard InChI is InChI=1S/C50H72N14O9/c1-3-5-16-35(54-4-2)43(66)60-37-20-21-42(65)55-22-12-19-38(49(72)73)61-47(70)40(25-31-27-57-34-17-10-9-15-33(31)34)63-44(67)36(18-11-23-56-50(51)52)59-46(69)39(24-30-13-7-6-8-14-30)62-48(71)41(64-45(37)68)26-32-28-53-29-58-32/h6-10,13-15,17,27-29,35-41,44,54,57,63,67H,3-5,11-12,16,18-26H2,1-2H3,(H,53,58)(H,55,65)(H,59,69)(H,60,66)(H,61,70)(H,62,71)(H,64,68)(H,72,73)(H4,51,52,56). The number of guanidine groups is 1. The number of imidazole rings is 1. The first kappa shape index (κ1) is 56.5. The lowest BCUT2D eigenvalue weighted by atomic mass is 10.0. The van der Waals surface area contributed by atoms with E-state index in [0.717, 1.165) is 23.7 Å². The third-order valence-corrected chi connectivity index (χ3v) is 12.5. The number of rotatable bonds is 18. The summed E-state index contributed by atoms with van der Waals surface area (Å²) in [7, 11) is 0. The first-order valence-electron chi connectivity index (χ1n) is 25.0. The number of likely N-dealkylation sites (N-methyl/N-ethyl adjacent to an activating group) is 1. The summed E-state index contributed by atoms with van der Waals surface area (Å²) < 4.78 is 0. The van der Waals surface area contributed by atoms with Crippen molar-refractivity contribution in [3.63, 3.8) is 0 Å². The maximum atomic E-state index is 14.7. The van der Waals surface area contributed by atoms with Crippen molar-refractivity contribution in [1.29, 1.82) is 0 Å². The van der Waals surface area contributed by atoms with Crippen LogP contribution in [0.15, 0.2) is 78.3 Å². The zero-order valence-electron chi connectivity index (χ0n) is 41.5. The van der Waals surface area contributed by atoms with Crippen LogP contribution in [-0.4, -0.2) is 141 Å². The second kappa shape index (κ2) is 29.2. The summed E-state index contributed by atoms with van der Waals surface area (Å²) in [6.45, 7) is 4.42. The number of nitrogens with two attached hydrogens (primary N) is 2. The van der Waals surface area contributed by atoms with E-state index in [1.54, 1.807) is 36.5 Å². The van der Waals surface area contributed by atoms with Crippen LogP contribution in [0.5, 0.6) is 0 Å². The number of aliphatic hydroxyl groups is 1. The van der Waals surface area contributed by atoms with Crippen LogP contribution in [0, 0.1) is 0 Å². The number of carboxylic acids is 1. The number of hydrogen-bond donors (Lipinski definition) is 14. The molecule has 0 aliphatic carbocycles. The van der Waals surface area contributed by atoms with Crippen molar-refractivity contribution in [1.82, 2.24) is 57.5 Å². The predicted octanol–water partition coefficient (Wildman–Crippen LogP) is -0.384. The maximum absolute atomic E-state index is 14.7. The molecule has 0 bridgehead atoms. The van der Waals surface area contributed by atoms with Crippen LogP contribution >= 0.6 is 0 Å². The van der Waals surface area contributed by atoms with Gasteiger partial charge in [0.15, 0.2) is 5.96 Å². The molecule has 5 rings (SSSR count). The molecule has 1 aliphatic heterocycles. The summed E-state index contributed by atoms with van der Waals surface area (Å²) in [6, 6.07) is 7.73. The average molecular weight is 1010 g/mol. The van der Waals surface area contributed by atoms with Crippen LogP contribution in [0.1, 0.15) is 88.5 Å². The molecule has 0 radical (unpaired) electrons. The molecule has 396 valence electrons. The highest BCUT2D eigenvalue weighted by Crippen LogP contribution is 2.20. The molecule has 4 aromatic rings. The highest BCUT2D eigenvalue weighted by molar-refractivity contribution is 5.95. The van der Waals surface area contributed by atoms with Crippen molar-refractivity contribution in [3.8, 4) is 0 Å². The number of aliphatic carboxylic acids is 1. The molecule has 1 saturated heterocycles. The van der Waals surface area contributed by atoms with Crippen molar-refractivity contribution < 1.29 is 43.8 Å². The number of aliphatic imine (C=N–C) groups is 1. The van der Waals surface area contributed by atoms with Crippen LogP contribution in [0.25, 0.3) is 10.9 Å². The second-order valence-corrected chi connectivity index (χ2v) is 18.1. The van der Waals surface area contributed by atoms with E-state index < -0.39 is 89.9 Å². The van der Waals surface area contributed by atoms with E-state index in [-0.39, 0.29) is 76.8 Å². The number of carboxylic acid groups (broad SMARTS) is 1. The van der Waals surface area contributed by atoms with Gasteiger partial charge in [-0.3, -0.25) is 39.1 Å². The Bertz CT molecular complexity index is 2450. The Kier molecular flexibility index (Phi) is 22.6. The highest BCUT2D eigenvalue weighted by atomic mass is 16.4. The Labute approximate surface area is 424 Å². The van der Waals surface area contributed by atoms with Crippen LogP contribution in [0.2, 0.25) is 0 Å². The number of hydrogen-bond acceptors (Lipinski definition) is 12. The van der Waals surface area contributed by atoms with Gasteiger partial charge in [-0.1, -0.05) is 75.2 Å². The summed E-state index contributed by atoms with van der Waals surface area (Å²) in [5, 5.41) is 45.8. The summed E-state index contributed by atoms with van der Waals surface area (Å²) in [4.78, 5) is 112. The monoisotopic (exact) mass is 1010 g/mol. The number of fused-ring (bicyclic) bond motifs is 1. The van der Waals surface area contributed by atoms with E-state index in [9.17, 15) is 43.8 Å². The van der Waals surface area contributed by atoms with E-state index in [1.165, 1.54) is 12.5 Å². The highest BCUT2D eigenvalue weighted by Gasteiger charge is 2.35. The van der Waals surface area contributed by atoms with Gasteiger partial charge in [0.1, 0.15) is 30.4 Å². The number of aromatic nitrogens is 3. The quantitative estimate of drug-likeness (QED) is 0.0343. The van der Waals surface area contributed by atoms with E-state index in [1.807, 2.05) is 38.1 Å². The van der Waals surface area contributed by atoms with Gasteiger partial charge in [-0.15, -0.1) is 0 Å². The number of nitrogens with one attached hydrogen (secondary N) is 10. The first-order chi connectivity index (χ1) is 35.1. The topological polar surface area (TPSA) is 365 Å². The molecule has 1 aliphatic rings. The first-order valence-corrected chi connectivity index (χ1v) is 25.0. The molecule has 23 heteroatoms. The molecule has 23 nitrogen and oxygen atoms in total. The predicted molar refractivity (Wildman–Crippen MR) is 273 cm³/mol. The third kappa shape index (κ3) is 18.3. The van der Waals surface area contributed by atoms with Gasteiger partial charge in [-0.25, -0.2) is 9.78 Å². The van der Waals surface area contributed by atoms with Crippen molar-refractivity contribution >= 4 is 58.3 Å². The number of carbonyl (C=O) groups excluding carboxylic acids is 6. The van der Waals surface area contributed by atoms with Gasteiger partial charge in [0, 0.05) is 61.3 Å². The number of H-pyrrole nitrogens is 2. The molecule has 8 unspecified atom stereocenters. The lowest BCUT2D eigenvalue weighted by molar-refractivity contribution is -0.142. The van der Waals surface area contributed by atoms with Crippen LogP contribution < -0.4 is 54.0 Å². The molecule has 73 heavy (non-hydrogen) atoms. The van der Waals surface area contributed by atoms with Gasteiger partial charge in [0.25, 0.3) is 0 Å². The number of aromatic amines is 2. The normalized spacial score (nSPS) is 22.7. The molecule has 0 spiro atoms. The maximum Gasteiger partial charge on any atom is 0.326 e. The molecule has 6 amide bonds. The molecule has 2 aromatic heterocycles. The number of amides is 6. The number of carbonyl (C=O) groups is 7. The molecular weight excluding hydrogens is 941 g/mol. The van der Waals surface area contributed by atoms with Crippen LogP contribution in [0.3, 0.4) is 0 Å². The fourth-order valence-electron chi connectivity index (χ4n) is 8.56. The summed E-state index contributed by atoms with van der Waals surface area (Å²) in [5.74, 6) is -5.54. The number of aliphatic hydroxyl groups excluding tert-OH is 1. The Morgan fingerprint density at radius 2 is 1.55 bits per heavy atom. The minimum absolute atomic E-state index is 0.00869. The minimum atomic E-state index is -1.66. The van der Waals surface area contributed by atoms with Gasteiger partial charge in [0.05, 0.1) is 24.5 Å². The molecule has 3 heterocycles. The van der Waals surface area contributed by atoms with Crippen LogP contribution in [-0.2, 0) is 52.8 Å². The van der Waals surface area contributed by atoms with E-state index in [2.05, 4.69) is 62.5 Å². The molecule has 8 atom stereocenters. The minimum Gasteiger partial charge on any atom is -0.480 e. The van der Waals surface area contributed by atoms with Gasteiger partial charge in [-0.05, 0) is 68.7 Å². The van der Waals surface area contributed by atoms with Crippen molar-refractivity contribution in [3.05, 3.63) is 90.1 Å². The summed E-state index contributed by atoms with van der Waals surface area (Å²) >= 11 is 0. The molecule has 0 saturated carbocycles. The number of para-hydroxylation sites is 1. The third-order valence-electron chi connectivity index (χ3n) is 12.5. The molecule has 16 N–H and O–H groups in total. The number of unbranched alkanes of at least 4 members (excludes halogenated alkanes) is 1. The molecule has 2 aromatic carbocycles. The number of benzene rings is 2.